The van der Waals surface area contributed by atoms with Crippen molar-refractivity contribution in [3.05, 3.63) is 58.4 Å². The molecule has 1 aliphatic rings. The van der Waals surface area contributed by atoms with E-state index in [9.17, 15) is 9.59 Å². The second-order valence-corrected chi connectivity index (χ2v) is 6.48. The normalized spacial score (nSPS) is 13.7. The van der Waals surface area contributed by atoms with Gasteiger partial charge in [-0.1, -0.05) is 24.3 Å². The van der Waals surface area contributed by atoms with Gasteiger partial charge in [0.2, 0.25) is 0 Å². The summed E-state index contributed by atoms with van der Waals surface area (Å²) in [5, 5.41) is 4.29. The van der Waals surface area contributed by atoms with Crippen LogP contribution in [0.3, 0.4) is 0 Å². The molecule has 6 heteroatoms. The van der Waals surface area contributed by atoms with Gasteiger partial charge in [0, 0.05) is 37.5 Å². The van der Waals surface area contributed by atoms with Crippen molar-refractivity contribution >= 4 is 18.0 Å². The molecule has 6 nitrogen and oxygen atoms in total. The lowest BCUT2D eigenvalue weighted by Gasteiger charge is -2.28. The Balaban J connectivity index is 1.53. The Labute approximate surface area is 153 Å². The van der Waals surface area contributed by atoms with Crippen molar-refractivity contribution in [3.63, 3.8) is 0 Å². The van der Waals surface area contributed by atoms with Crippen molar-refractivity contribution in [3.8, 4) is 0 Å². The fraction of sp³-hybridized carbons (Fsp3) is 0.350. The highest BCUT2D eigenvalue weighted by molar-refractivity contribution is 5.89. The summed E-state index contributed by atoms with van der Waals surface area (Å²) in [4.78, 5) is 26.0. The monoisotopic (exact) mass is 353 g/mol. The van der Waals surface area contributed by atoms with E-state index in [1.807, 2.05) is 39.1 Å². The number of carbonyl (C=O) groups is 2. The van der Waals surface area contributed by atoms with Crippen molar-refractivity contribution in [1.29, 1.82) is 0 Å². The van der Waals surface area contributed by atoms with Gasteiger partial charge in [-0.2, -0.15) is 5.10 Å². The Bertz CT molecular complexity index is 867. The van der Waals surface area contributed by atoms with Crippen LogP contribution >= 0.6 is 0 Å². The molecule has 1 aromatic carbocycles. The van der Waals surface area contributed by atoms with Crippen LogP contribution in [0.15, 0.2) is 30.3 Å². The van der Waals surface area contributed by atoms with Crippen LogP contribution in [-0.4, -0.2) is 39.7 Å². The summed E-state index contributed by atoms with van der Waals surface area (Å²) in [5.41, 5.74) is 5.13. The summed E-state index contributed by atoms with van der Waals surface area (Å²) in [6, 6.07) is 8.10. The van der Waals surface area contributed by atoms with E-state index >= 15 is 0 Å². The number of amides is 1. The zero-order valence-corrected chi connectivity index (χ0v) is 15.4. The number of aromatic nitrogens is 2. The predicted octanol–water partition coefficient (Wildman–Crippen LogP) is 2.18. The van der Waals surface area contributed by atoms with E-state index in [1.165, 1.54) is 11.6 Å². The van der Waals surface area contributed by atoms with Gasteiger partial charge in [-0.25, -0.2) is 4.79 Å². The topological polar surface area (TPSA) is 64.4 Å². The molecule has 0 saturated heterocycles. The summed E-state index contributed by atoms with van der Waals surface area (Å²) in [5.74, 6) is -0.701. The number of fused-ring (bicyclic) bond motifs is 1. The molecular weight excluding hydrogens is 330 g/mol. The third-order valence-corrected chi connectivity index (χ3v) is 4.77. The lowest BCUT2D eigenvalue weighted by atomic mass is 10.00. The van der Waals surface area contributed by atoms with Crippen LogP contribution in [0.25, 0.3) is 6.08 Å². The smallest absolute Gasteiger partial charge is 0.331 e. The molecule has 0 fully saturated rings. The van der Waals surface area contributed by atoms with Crippen LogP contribution in [0.4, 0.5) is 0 Å². The van der Waals surface area contributed by atoms with E-state index in [2.05, 4.69) is 11.2 Å². The molecule has 0 aliphatic carbocycles. The van der Waals surface area contributed by atoms with Crippen LogP contribution in [0.5, 0.6) is 0 Å². The van der Waals surface area contributed by atoms with Crippen LogP contribution < -0.4 is 0 Å². The lowest BCUT2D eigenvalue weighted by Crippen LogP contribution is -2.38. The predicted molar refractivity (Wildman–Crippen MR) is 98.2 cm³/mol. The molecule has 1 aliphatic heterocycles. The number of benzene rings is 1. The molecule has 1 amide bonds. The minimum Gasteiger partial charge on any atom is -0.452 e. The van der Waals surface area contributed by atoms with E-state index in [0.717, 1.165) is 28.9 Å². The van der Waals surface area contributed by atoms with Crippen LogP contribution in [0.1, 0.15) is 28.1 Å². The largest absolute Gasteiger partial charge is 0.452 e. The van der Waals surface area contributed by atoms with Gasteiger partial charge < -0.3 is 9.64 Å². The highest BCUT2D eigenvalue weighted by Crippen LogP contribution is 2.18. The summed E-state index contributed by atoms with van der Waals surface area (Å²) >= 11 is 0. The third kappa shape index (κ3) is 3.85. The summed E-state index contributed by atoms with van der Waals surface area (Å²) in [6.45, 7) is 4.79. The second-order valence-electron chi connectivity index (χ2n) is 6.48. The highest BCUT2D eigenvalue weighted by atomic mass is 16.5. The Kier molecular flexibility index (Phi) is 5.21. The number of rotatable bonds is 4. The first kappa shape index (κ1) is 17.9. The fourth-order valence-corrected chi connectivity index (χ4v) is 3.16. The standard InChI is InChI=1S/C20H23N3O3/c1-14-18(15(2)22(3)21-14)8-9-20(25)26-13-19(24)23-11-10-16-6-4-5-7-17(16)12-23/h4-9H,10-13H2,1-3H3/b9-8+. The molecule has 0 radical (unpaired) electrons. The first-order valence-electron chi connectivity index (χ1n) is 8.65. The lowest BCUT2D eigenvalue weighted by molar-refractivity contribution is -0.148. The molecule has 1 aromatic heterocycles. The first-order valence-corrected chi connectivity index (χ1v) is 8.65. The number of carbonyl (C=O) groups excluding carboxylic acids is 2. The Morgan fingerprint density at radius 2 is 1.96 bits per heavy atom. The number of aryl methyl sites for hydroxylation is 2. The zero-order valence-electron chi connectivity index (χ0n) is 15.4. The van der Waals surface area contributed by atoms with E-state index in [-0.39, 0.29) is 12.5 Å². The van der Waals surface area contributed by atoms with Gasteiger partial charge in [0.05, 0.1) is 5.69 Å². The maximum Gasteiger partial charge on any atom is 0.331 e. The third-order valence-electron chi connectivity index (χ3n) is 4.77. The molecule has 3 rings (SSSR count). The molecule has 0 unspecified atom stereocenters. The Morgan fingerprint density at radius 3 is 2.65 bits per heavy atom. The minimum absolute atomic E-state index is 0.171. The fourth-order valence-electron chi connectivity index (χ4n) is 3.16. The van der Waals surface area contributed by atoms with Gasteiger partial charge in [-0.3, -0.25) is 9.48 Å². The van der Waals surface area contributed by atoms with E-state index < -0.39 is 5.97 Å². The average Bonchev–Trinajstić information content (AvgIpc) is 2.89. The molecule has 0 atom stereocenters. The molecule has 0 spiro atoms. The second kappa shape index (κ2) is 7.56. The van der Waals surface area contributed by atoms with Gasteiger partial charge in [-0.05, 0) is 37.5 Å². The van der Waals surface area contributed by atoms with Crippen molar-refractivity contribution in [1.82, 2.24) is 14.7 Å². The number of nitrogens with zero attached hydrogens (tertiary/aromatic N) is 3. The summed E-state index contributed by atoms with van der Waals surface area (Å²) in [7, 11) is 1.85. The molecular formula is C20H23N3O3. The molecule has 2 heterocycles. The molecule has 0 saturated carbocycles. The maximum atomic E-state index is 12.3. The Hall–Kier alpha value is -2.89. The van der Waals surface area contributed by atoms with Crippen LogP contribution in [0.2, 0.25) is 0 Å². The van der Waals surface area contributed by atoms with Gasteiger partial charge in [0.25, 0.3) is 5.91 Å². The van der Waals surface area contributed by atoms with Crippen molar-refractivity contribution in [2.75, 3.05) is 13.2 Å². The van der Waals surface area contributed by atoms with Crippen molar-refractivity contribution in [2.45, 2.75) is 26.8 Å². The van der Waals surface area contributed by atoms with Gasteiger partial charge in [0.1, 0.15) is 0 Å². The minimum atomic E-state index is -0.529. The molecule has 26 heavy (non-hydrogen) atoms. The number of hydrogen-bond donors (Lipinski definition) is 0. The zero-order chi connectivity index (χ0) is 18.7. The van der Waals surface area contributed by atoms with E-state index in [4.69, 9.17) is 4.74 Å². The first-order chi connectivity index (χ1) is 12.5. The summed E-state index contributed by atoms with van der Waals surface area (Å²) in [6.07, 6.45) is 3.85. The molecule has 136 valence electrons. The van der Waals surface area contributed by atoms with Crippen molar-refractivity contribution < 1.29 is 14.3 Å². The SMILES string of the molecule is Cc1nn(C)c(C)c1/C=C/C(=O)OCC(=O)N1CCc2ccccc2C1. The molecule has 2 aromatic rings. The number of esters is 1. The van der Waals surface area contributed by atoms with E-state index in [1.54, 1.807) is 15.7 Å². The molecule has 0 N–H and O–H groups in total. The average molecular weight is 353 g/mol. The number of ether oxygens (including phenoxy) is 1. The van der Waals surface area contributed by atoms with Crippen molar-refractivity contribution in [2.24, 2.45) is 7.05 Å². The van der Waals surface area contributed by atoms with Crippen LogP contribution in [-0.2, 0) is 34.3 Å². The van der Waals surface area contributed by atoms with Crippen LogP contribution in [0, 0.1) is 13.8 Å². The number of hydrogen-bond acceptors (Lipinski definition) is 4. The maximum absolute atomic E-state index is 12.3. The van der Waals surface area contributed by atoms with E-state index in [0.29, 0.717) is 13.1 Å². The molecule has 0 bridgehead atoms. The van der Waals surface area contributed by atoms with Gasteiger partial charge >= 0.3 is 5.97 Å². The quantitative estimate of drug-likeness (QED) is 0.624. The highest BCUT2D eigenvalue weighted by Gasteiger charge is 2.21. The summed E-state index contributed by atoms with van der Waals surface area (Å²) < 4.78 is 6.87. The Morgan fingerprint density at radius 1 is 1.23 bits per heavy atom. The van der Waals surface area contributed by atoms with Gasteiger partial charge in [-0.15, -0.1) is 0 Å². The van der Waals surface area contributed by atoms with Gasteiger partial charge in [0.15, 0.2) is 6.61 Å².